The third kappa shape index (κ3) is 2.97. The van der Waals surface area contributed by atoms with E-state index in [0.717, 1.165) is 0 Å². The van der Waals surface area contributed by atoms with Gasteiger partial charge in [0.15, 0.2) is 29.1 Å². The quantitative estimate of drug-likeness (QED) is 0.376. The van der Waals surface area contributed by atoms with E-state index in [0.29, 0.717) is 0 Å². The van der Waals surface area contributed by atoms with Crippen molar-refractivity contribution in [2.75, 3.05) is 6.61 Å². The van der Waals surface area contributed by atoms with Gasteiger partial charge in [-0.25, -0.2) is 22.0 Å². The molecule has 0 aliphatic carbocycles. The summed E-state index contributed by atoms with van der Waals surface area (Å²) in [5, 5.41) is 8.61. The fourth-order valence-electron chi connectivity index (χ4n) is 2.14. The van der Waals surface area contributed by atoms with Crippen LogP contribution >= 0.6 is 7.37 Å². The lowest BCUT2D eigenvalue weighted by Crippen LogP contribution is -2.25. The molecule has 3 nitrogen and oxygen atoms in total. The van der Waals surface area contributed by atoms with E-state index in [-0.39, 0.29) is 12.2 Å². The van der Waals surface area contributed by atoms with Crippen LogP contribution in [0, 0.1) is 29.1 Å². The lowest BCUT2D eigenvalue weighted by atomic mass is 10.2. The molecule has 0 heterocycles. The maximum Gasteiger partial charge on any atom is 0.270 e. The first-order chi connectivity index (χ1) is 11.3. The molecule has 0 aromatic heterocycles. The smallest absolute Gasteiger partial charge is 0.270 e. The Balaban J connectivity index is 2.75. The molecule has 2 rings (SSSR count). The molecule has 2 atom stereocenters. The summed E-state index contributed by atoms with van der Waals surface area (Å²) in [6.45, 7) is 0.914. The van der Waals surface area contributed by atoms with Crippen molar-refractivity contribution in [2.24, 2.45) is 0 Å². The summed E-state index contributed by atoms with van der Waals surface area (Å²) >= 11 is 0. The van der Waals surface area contributed by atoms with Crippen molar-refractivity contribution in [3.05, 3.63) is 65.0 Å². The molecule has 0 unspecified atom stereocenters. The average Bonchev–Trinajstić information content (AvgIpc) is 2.58. The highest BCUT2D eigenvalue weighted by Gasteiger charge is 2.44. The maximum absolute atomic E-state index is 14.0. The highest BCUT2D eigenvalue weighted by molar-refractivity contribution is 7.67. The van der Waals surface area contributed by atoms with Crippen LogP contribution in [0.15, 0.2) is 30.3 Å². The molecule has 0 saturated carbocycles. The van der Waals surface area contributed by atoms with E-state index in [1.54, 1.807) is 6.07 Å². The van der Waals surface area contributed by atoms with Gasteiger partial charge in [0.05, 0.1) is 6.61 Å². The van der Waals surface area contributed by atoms with Gasteiger partial charge in [-0.2, -0.15) is 0 Å². The molecule has 24 heavy (non-hydrogen) atoms. The van der Waals surface area contributed by atoms with E-state index < -0.39 is 47.6 Å². The molecule has 2 aromatic carbocycles. The van der Waals surface area contributed by atoms with Crippen LogP contribution in [0.25, 0.3) is 0 Å². The van der Waals surface area contributed by atoms with Crippen molar-refractivity contribution >= 4 is 12.7 Å². The highest BCUT2D eigenvalue weighted by atomic mass is 31.2. The van der Waals surface area contributed by atoms with Crippen LogP contribution < -0.4 is 5.30 Å². The molecular formula is C15H12F5O3P. The number of hydrogen-bond acceptors (Lipinski definition) is 3. The van der Waals surface area contributed by atoms with Gasteiger partial charge in [0.1, 0.15) is 5.30 Å². The first-order valence-electron chi connectivity index (χ1n) is 6.75. The van der Waals surface area contributed by atoms with Crippen LogP contribution in [-0.4, -0.2) is 11.7 Å². The van der Waals surface area contributed by atoms with Crippen LogP contribution in [0.4, 0.5) is 22.0 Å². The van der Waals surface area contributed by atoms with E-state index in [2.05, 4.69) is 0 Å². The van der Waals surface area contributed by atoms with Gasteiger partial charge >= 0.3 is 0 Å². The molecular weight excluding hydrogens is 354 g/mol. The first-order valence-corrected chi connectivity index (χ1v) is 8.44. The third-order valence-corrected chi connectivity index (χ3v) is 5.84. The molecule has 0 spiro atoms. The van der Waals surface area contributed by atoms with Crippen molar-refractivity contribution in [3.8, 4) is 0 Å². The Morgan fingerprint density at radius 3 is 1.88 bits per heavy atom. The van der Waals surface area contributed by atoms with Crippen LogP contribution in [0.3, 0.4) is 0 Å². The normalized spacial score (nSPS) is 15.1. The molecule has 0 aliphatic heterocycles. The molecule has 0 radical (unpaired) electrons. The SMILES string of the molecule is CCO[P@@](=O)(c1c(F)c(F)c(F)c(F)c1F)[C@@H](O)c1ccccc1. The first kappa shape index (κ1) is 18.6. The lowest BCUT2D eigenvalue weighted by molar-refractivity contribution is 0.217. The number of aliphatic hydroxyl groups excluding tert-OH is 1. The van der Waals surface area contributed by atoms with Gasteiger partial charge in [-0.15, -0.1) is 0 Å². The molecule has 0 bridgehead atoms. The Morgan fingerprint density at radius 1 is 0.958 bits per heavy atom. The minimum absolute atomic E-state index is 0.0572. The van der Waals surface area contributed by atoms with Crippen molar-refractivity contribution in [1.29, 1.82) is 0 Å². The Labute approximate surface area is 134 Å². The minimum Gasteiger partial charge on any atom is -0.378 e. The molecule has 2 aromatic rings. The Hall–Kier alpha value is -1.76. The fourth-order valence-corrected chi connectivity index (χ4v) is 4.34. The molecule has 1 N–H and O–H groups in total. The number of benzene rings is 2. The molecule has 0 amide bonds. The molecule has 9 heteroatoms. The van der Waals surface area contributed by atoms with E-state index >= 15 is 0 Å². The molecule has 0 saturated heterocycles. The third-order valence-electron chi connectivity index (χ3n) is 3.24. The van der Waals surface area contributed by atoms with Crippen LogP contribution in [0.2, 0.25) is 0 Å². The van der Waals surface area contributed by atoms with Gasteiger partial charge in [0.2, 0.25) is 5.82 Å². The van der Waals surface area contributed by atoms with Crippen LogP contribution in [0.1, 0.15) is 18.3 Å². The summed E-state index contributed by atoms with van der Waals surface area (Å²) < 4.78 is 85.8. The number of rotatable bonds is 5. The monoisotopic (exact) mass is 366 g/mol. The zero-order chi connectivity index (χ0) is 18.1. The maximum atomic E-state index is 14.0. The Bertz CT molecular complexity index is 768. The van der Waals surface area contributed by atoms with Gasteiger partial charge in [0, 0.05) is 0 Å². The summed E-state index contributed by atoms with van der Waals surface area (Å²) in [7, 11) is -4.87. The van der Waals surface area contributed by atoms with E-state index in [9.17, 15) is 31.6 Å². The summed E-state index contributed by atoms with van der Waals surface area (Å²) in [5.74, 6) is -13.6. The van der Waals surface area contributed by atoms with E-state index in [1.807, 2.05) is 0 Å². The summed E-state index contributed by atoms with van der Waals surface area (Å²) in [6, 6.07) is 6.99. The molecule has 0 aliphatic rings. The Kier molecular flexibility index (Phi) is 5.42. The zero-order valence-corrected chi connectivity index (χ0v) is 13.2. The van der Waals surface area contributed by atoms with Crippen molar-refractivity contribution in [1.82, 2.24) is 0 Å². The predicted octanol–water partition coefficient (Wildman–Crippen LogP) is 4.01. The highest BCUT2D eigenvalue weighted by Crippen LogP contribution is 2.58. The summed E-state index contributed by atoms with van der Waals surface area (Å²) in [5.41, 5.74) is -0.0572. The van der Waals surface area contributed by atoms with E-state index in [1.165, 1.54) is 31.2 Å². The zero-order valence-electron chi connectivity index (χ0n) is 12.3. The summed E-state index contributed by atoms with van der Waals surface area (Å²) in [6.07, 6.45) is 0. The Morgan fingerprint density at radius 2 is 1.42 bits per heavy atom. The topological polar surface area (TPSA) is 46.5 Å². The van der Waals surface area contributed by atoms with Gasteiger partial charge in [-0.1, -0.05) is 30.3 Å². The predicted molar refractivity (Wildman–Crippen MR) is 76.5 cm³/mol. The second-order valence-electron chi connectivity index (χ2n) is 4.72. The van der Waals surface area contributed by atoms with Crippen molar-refractivity contribution in [3.63, 3.8) is 0 Å². The fraction of sp³-hybridized carbons (Fsp3) is 0.200. The standard InChI is InChI=1S/C15H12F5O3P/c1-2-23-24(22,15(21)8-6-4-3-5-7-8)14-12(19)10(17)9(16)11(18)13(14)20/h3-7,15,21H,2H2,1H3/t15-,24+/m1/s1. The second-order valence-corrected chi connectivity index (χ2v) is 7.11. The van der Waals surface area contributed by atoms with Gasteiger partial charge < -0.3 is 9.63 Å². The van der Waals surface area contributed by atoms with Gasteiger partial charge in [-0.3, -0.25) is 4.57 Å². The molecule has 0 fully saturated rings. The largest absolute Gasteiger partial charge is 0.378 e. The van der Waals surface area contributed by atoms with E-state index in [4.69, 9.17) is 4.52 Å². The number of aliphatic hydroxyl groups is 1. The second kappa shape index (κ2) is 7.01. The molecule has 130 valence electrons. The number of halogens is 5. The van der Waals surface area contributed by atoms with Crippen LogP contribution in [0.5, 0.6) is 0 Å². The van der Waals surface area contributed by atoms with Gasteiger partial charge in [-0.05, 0) is 12.5 Å². The minimum atomic E-state index is -4.87. The van der Waals surface area contributed by atoms with Crippen molar-refractivity contribution in [2.45, 2.75) is 12.8 Å². The number of hydrogen-bond donors (Lipinski definition) is 1. The average molecular weight is 366 g/mol. The van der Waals surface area contributed by atoms with Gasteiger partial charge in [0.25, 0.3) is 7.37 Å². The van der Waals surface area contributed by atoms with Crippen molar-refractivity contribution < 1.29 is 36.1 Å². The van der Waals surface area contributed by atoms with Crippen LogP contribution in [-0.2, 0) is 9.09 Å². The lowest BCUT2D eigenvalue weighted by Gasteiger charge is -2.25. The summed E-state index contributed by atoms with van der Waals surface area (Å²) in [4.78, 5) is 0.